The zero-order valence-corrected chi connectivity index (χ0v) is 11.0. The molecule has 0 bridgehead atoms. The first-order valence-electron chi connectivity index (χ1n) is 6.27. The Bertz CT molecular complexity index is 685. The zero-order valence-electron chi connectivity index (χ0n) is 11.0. The molecule has 0 atom stereocenters. The quantitative estimate of drug-likeness (QED) is 0.857. The van der Waals surface area contributed by atoms with E-state index in [2.05, 4.69) is 15.3 Å². The van der Waals surface area contributed by atoms with Crippen LogP contribution < -0.4 is 15.8 Å². The number of carbonyl (C=O) groups is 1. The fraction of sp³-hybridized carbons (Fsp3) is 0.214. The molecule has 0 saturated heterocycles. The monoisotopic (exact) mass is 270 g/mol. The number of aromatic nitrogens is 2. The first-order chi connectivity index (χ1) is 9.65. The van der Waals surface area contributed by atoms with Gasteiger partial charge in [-0.1, -0.05) is 0 Å². The van der Waals surface area contributed by atoms with Crippen molar-refractivity contribution in [3.63, 3.8) is 0 Å². The minimum Gasteiger partial charge on any atom is -0.482 e. The molecule has 1 aliphatic rings. The van der Waals surface area contributed by atoms with Crippen LogP contribution in [-0.4, -0.2) is 22.5 Å². The lowest BCUT2D eigenvalue weighted by Crippen LogP contribution is -2.25. The van der Waals surface area contributed by atoms with Crippen LogP contribution in [0.1, 0.15) is 11.5 Å². The number of carbonyl (C=O) groups excluding carboxylic acids is 1. The highest BCUT2D eigenvalue weighted by Gasteiger charge is 2.16. The average molecular weight is 270 g/mol. The van der Waals surface area contributed by atoms with Crippen LogP contribution in [0.3, 0.4) is 0 Å². The molecule has 2 heterocycles. The molecule has 3 rings (SSSR count). The molecule has 6 heteroatoms. The number of fused-ring (bicyclic) bond motifs is 1. The van der Waals surface area contributed by atoms with Crippen molar-refractivity contribution in [1.82, 2.24) is 9.97 Å². The number of nitrogens with zero attached hydrogens (tertiary/aromatic N) is 2. The van der Waals surface area contributed by atoms with E-state index < -0.39 is 0 Å². The second-order valence-electron chi connectivity index (χ2n) is 4.56. The second kappa shape index (κ2) is 4.90. The van der Waals surface area contributed by atoms with Gasteiger partial charge < -0.3 is 15.8 Å². The third kappa shape index (κ3) is 2.33. The van der Waals surface area contributed by atoms with Crippen LogP contribution in [0.25, 0.3) is 11.3 Å². The van der Waals surface area contributed by atoms with Gasteiger partial charge in [0.05, 0.1) is 17.9 Å². The SMILES string of the molecule is Cc1cc(-c2ccc3c(c2)NC(=O)CO3)nc(CN)n1. The molecular weight excluding hydrogens is 256 g/mol. The molecule has 20 heavy (non-hydrogen) atoms. The number of nitrogens with two attached hydrogens (primary N) is 1. The number of rotatable bonds is 2. The smallest absolute Gasteiger partial charge is 0.262 e. The minimum atomic E-state index is -0.156. The molecule has 102 valence electrons. The Morgan fingerprint density at radius 2 is 2.20 bits per heavy atom. The van der Waals surface area contributed by atoms with E-state index in [0.717, 1.165) is 17.0 Å². The molecule has 1 amide bonds. The van der Waals surface area contributed by atoms with Crippen molar-refractivity contribution >= 4 is 11.6 Å². The second-order valence-corrected chi connectivity index (χ2v) is 4.56. The molecule has 0 radical (unpaired) electrons. The molecule has 0 aliphatic carbocycles. The van der Waals surface area contributed by atoms with Crippen molar-refractivity contribution in [2.24, 2.45) is 5.73 Å². The lowest BCUT2D eigenvalue weighted by Gasteiger charge is -2.18. The van der Waals surface area contributed by atoms with E-state index in [-0.39, 0.29) is 12.5 Å². The maximum atomic E-state index is 11.3. The van der Waals surface area contributed by atoms with E-state index in [4.69, 9.17) is 10.5 Å². The lowest BCUT2D eigenvalue weighted by molar-refractivity contribution is -0.118. The molecule has 6 nitrogen and oxygen atoms in total. The van der Waals surface area contributed by atoms with Crippen LogP contribution in [-0.2, 0) is 11.3 Å². The Morgan fingerprint density at radius 3 is 3.00 bits per heavy atom. The summed E-state index contributed by atoms with van der Waals surface area (Å²) in [4.78, 5) is 20.0. The Kier molecular flexibility index (Phi) is 3.08. The summed E-state index contributed by atoms with van der Waals surface area (Å²) in [6, 6.07) is 7.45. The first kappa shape index (κ1) is 12.6. The summed E-state index contributed by atoms with van der Waals surface area (Å²) in [5.41, 5.74) is 8.77. The molecular formula is C14H14N4O2. The highest BCUT2D eigenvalue weighted by Crippen LogP contribution is 2.32. The van der Waals surface area contributed by atoms with Gasteiger partial charge in [-0.15, -0.1) is 0 Å². The van der Waals surface area contributed by atoms with Crippen LogP contribution in [0.2, 0.25) is 0 Å². The molecule has 3 N–H and O–H groups in total. The zero-order chi connectivity index (χ0) is 14.1. The van der Waals surface area contributed by atoms with E-state index in [0.29, 0.717) is 23.8 Å². The van der Waals surface area contributed by atoms with Gasteiger partial charge in [0.25, 0.3) is 5.91 Å². The molecule has 1 aliphatic heterocycles. The third-order valence-electron chi connectivity index (χ3n) is 2.99. The first-order valence-corrected chi connectivity index (χ1v) is 6.27. The summed E-state index contributed by atoms with van der Waals surface area (Å²) in [5.74, 6) is 1.10. The number of hydrogen-bond acceptors (Lipinski definition) is 5. The molecule has 1 aromatic heterocycles. The molecule has 0 spiro atoms. The van der Waals surface area contributed by atoms with Crippen molar-refractivity contribution in [3.8, 4) is 17.0 Å². The highest BCUT2D eigenvalue weighted by atomic mass is 16.5. The highest BCUT2D eigenvalue weighted by molar-refractivity contribution is 5.96. The fourth-order valence-corrected chi connectivity index (χ4v) is 2.11. The van der Waals surface area contributed by atoms with Crippen LogP contribution in [0.4, 0.5) is 5.69 Å². The van der Waals surface area contributed by atoms with Crippen LogP contribution >= 0.6 is 0 Å². The number of anilines is 1. The number of nitrogens with one attached hydrogen (secondary N) is 1. The summed E-state index contributed by atoms with van der Waals surface area (Å²) in [6.07, 6.45) is 0. The topological polar surface area (TPSA) is 90.1 Å². The molecule has 0 saturated carbocycles. The Hall–Kier alpha value is -2.47. The van der Waals surface area contributed by atoms with Gasteiger partial charge in [-0.3, -0.25) is 4.79 Å². The maximum absolute atomic E-state index is 11.3. The van der Waals surface area contributed by atoms with Gasteiger partial charge in [0.1, 0.15) is 11.6 Å². The van der Waals surface area contributed by atoms with Crippen LogP contribution in [0.5, 0.6) is 5.75 Å². The van der Waals surface area contributed by atoms with Gasteiger partial charge in [0, 0.05) is 11.3 Å². The summed E-state index contributed by atoms with van der Waals surface area (Å²) in [6.45, 7) is 2.24. The Balaban J connectivity index is 2.04. The van der Waals surface area contributed by atoms with Gasteiger partial charge >= 0.3 is 0 Å². The van der Waals surface area contributed by atoms with E-state index in [1.54, 1.807) is 0 Å². The standard InChI is InChI=1S/C14H14N4O2/c1-8-4-10(17-13(6-15)16-8)9-2-3-12-11(5-9)18-14(19)7-20-12/h2-5H,6-7,15H2,1H3,(H,18,19). The number of benzene rings is 1. The number of amides is 1. The number of hydrogen-bond donors (Lipinski definition) is 2. The van der Waals surface area contributed by atoms with E-state index in [1.165, 1.54) is 0 Å². The van der Waals surface area contributed by atoms with Crippen molar-refractivity contribution in [3.05, 3.63) is 35.8 Å². The molecule has 2 aromatic rings. The van der Waals surface area contributed by atoms with Crippen molar-refractivity contribution in [2.75, 3.05) is 11.9 Å². The van der Waals surface area contributed by atoms with Gasteiger partial charge in [0.15, 0.2) is 6.61 Å². The summed E-state index contributed by atoms with van der Waals surface area (Å²) in [5, 5.41) is 2.78. The predicted molar refractivity (Wildman–Crippen MR) is 74.2 cm³/mol. The summed E-state index contributed by atoms with van der Waals surface area (Å²) < 4.78 is 5.33. The largest absolute Gasteiger partial charge is 0.482 e. The fourth-order valence-electron chi connectivity index (χ4n) is 2.11. The van der Waals surface area contributed by atoms with Gasteiger partial charge in [-0.05, 0) is 31.2 Å². The minimum absolute atomic E-state index is 0.0519. The van der Waals surface area contributed by atoms with E-state index in [9.17, 15) is 4.79 Å². The Labute approximate surface area is 116 Å². The molecule has 0 unspecified atom stereocenters. The van der Waals surface area contributed by atoms with Gasteiger partial charge in [-0.25, -0.2) is 9.97 Å². The summed E-state index contributed by atoms with van der Waals surface area (Å²) in [7, 11) is 0. The van der Waals surface area contributed by atoms with E-state index >= 15 is 0 Å². The summed E-state index contributed by atoms with van der Waals surface area (Å²) >= 11 is 0. The van der Waals surface area contributed by atoms with Crippen LogP contribution in [0.15, 0.2) is 24.3 Å². The van der Waals surface area contributed by atoms with Crippen molar-refractivity contribution < 1.29 is 9.53 Å². The maximum Gasteiger partial charge on any atom is 0.262 e. The molecule has 0 fully saturated rings. The Morgan fingerprint density at radius 1 is 1.35 bits per heavy atom. The van der Waals surface area contributed by atoms with Gasteiger partial charge in [-0.2, -0.15) is 0 Å². The van der Waals surface area contributed by atoms with Gasteiger partial charge in [0.2, 0.25) is 0 Å². The van der Waals surface area contributed by atoms with Crippen molar-refractivity contribution in [1.29, 1.82) is 0 Å². The predicted octanol–water partition coefficient (Wildman–Crippen LogP) is 1.24. The number of aryl methyl sites for hydroxylation is 1. The number of ether oxygens (including phenoxy) is 1. The lowest BCUT2D eigenvalue weighted by atomic mass is 10.1. The normalized spacial score (nSPS) is 13.4. The van der Waals surface area contributed by atoms with Crippen molar-refractivity contribution in [2.45, 2.75) is 13.5 Å². The third-order valence-corrected chi connectivity index (χ3v) is 2.99. The average Bonchev–Trinajstić information content (AvgIpc) is 2.45. The van der Waals surface area contributed by atoms with E-state index in [1.807, 2.05) is 31.2 Å². The molecule has 1 aromatic carbocycles. The van der Waals surface area contributed by atoms with Crippen LogP contribution in [0, 0.1) is 6.92 Å².